The zero-order valence-corrected chi connectivity index (χ0v) is 8.43. The average molecular weight is 221 g/mol. The van der Waals surface area contributed by atoms with Crippen LogP contribution in [0, 0.1) is 0 Å². The molecule has 0 bridgehead atoms. The highest BCUT2D eigenvalue weighted by Gasteiger charge is 2.14. The normalized spacial score (nSPS) is 10.8. The first-order valence-electron chi connectivity index (χ1n) is 4.80. The fourth-order valence-corrected chi connectivity index (χ4v) is 1.73. The number of carboxylic acid groups (broad SMARTS) is 1. The Labute approximate surface area is 90.3 Å². The lowest BCUT2D eigenvalue weighted by atomic mass is 10.2. The van der Waals surface area contributed by atoms with Crippen molar-refractivity contribution in [3.8, 4) is 0 Å². The second-order valence-electron chi connectivity index (χ2n) is 3.38. The van der Waals surface area contributed by atoms with Crippen LogP contribution in [0.5, 0.6) is 0 Å². The third kappa shape index (κ3) is 1.49. The van der Waals surface area contributed by atoms with Crippen molar-refractivity contribution in [1.82, 2.24) is 9.55 Å². The minimum Gasteiger partial charge on any atom is -0.478 e. The zero-order chi connectivity index (χ0) is 11.7. The molecule has 0 spiro atoms. The number of carboxylic acids is 1. The van der Waals surface area contributed by atoms with Crippen molar-refractivity contribution in [2.24, 2.45) is 5.73 Å². The maximum absolute atomic E-state index is 11.6. The first-order valence-corrected chi connectivity index (χ1v) is 4.80. The summed E-state index contributed by atoms with van der Waals surface area (Å²) in [5.41, 5.74) is 6.05. The quantitative estimate of drug-likeness (QED) is 0.678. The smallest absolute Gasteiger partial charge is 0.337 e. The third-order valence-corrected chi connectivity index (χ3v) is 2.38. The Bertz CT molecular complexity index is 597. The van der Waals surface area contributed by atoms with E-state index in [9.17, 15) is 9.59 Å². The molecule has 0 aliphatic rings. The molecule has 1 aromatic carbocycles. The number of carbonyl (C=O) groups is 1. The van der Waals surface area contributed by atoms with Gasteiger partial charge in [0.25, 0.3) is 0 Å². The van der Waals surface area contributed by atoms with Crippen molar-refractivity contribution in [3.05, 3.63) is 34.2 Å². The number of aromatic amines is 1. The second kappa shape index (κ2) is 3.82. The lowest BCUT2D eigenvalue weighted by Crippen LogP contribution is -2.22. The molecule has 84 valence electrons. The van der Waals surface area contributed by atoms with Gasteiger partial charge in [-0.15, -0.1) is 0 Å². The van der Waals surface area contributed by atoms with Gasteiger partial charge in [0.15, 0.2) is 0 Å². The van der Waals surface area contributed by atoms with Gasteiger partial charge in [-0.2, -0.15) is 0 Å². The van der Waals surface area contributed by atoms with Gasteiger partial charge in [-0.05, 0) is 12.1 Å². The number of nitrogens with two attached hydrogens (primary N) is 1. The highest BCUT2D eigenvalue weighted by molar-refractivity contribution is 6.01. The highest BCUT2D eigenvalue weighted by atomic mass is 16.4. The number of hydrogen-bond donors (Lipinski definition) is 3. The molecule has 1 aromatic heterocycles. The molecule has 0 atom stereocenters. The minimum atomic E-state index is -1.06. The van der Waals surface area contributed by atoms with Crippen LogP contribution in [-0.4, -0.2) is 27.2 Å². The minimum absolute atomic E-state index is 0.101. The van der Waals surface area contributed by atoms with Crippen LogP contribution in [0.4, 0.5) is 0 Å². The molecule has 0 radical (unpaired) electrons. The van der Waals surface area contributed by atoms with Gasteiger partial charge in [0.1, 0.15) is 0 Å². The number of para-hydroxylation sites is 1. The number of nitrogens with one attached hydrogen (secondary N) is 1. The Hall–Kier alpha value is -2.08. The van der Waals surface area contributed by atoms with E-state index in [0.29, 0.717) is 17.6 Å². The highest BCUT2D eigenvalue weighted by Crippen LogP contribution is 2.15. The molecule has 0 unspecified atom stereocenters. The van der Waals surface area contributed by atoms with Gasteiger partial charge in [-0.25, -0.2) is 9.59 Å². The molecule has 0 amide bonds. The monoisotopic (exact) mass is 221 g/mol. The Balaban J connectivity index is 2.83. The van der Waals surface area contributed by atoms with Crippen LogP contribution in [0.2, 0.25) is 0 Å². The Morgan fingerprint density at radius 2 is 2.25 bits per heavy atom. The summed E-state index contributed by atoms with van der Waals surface area (Å²) < 4.78 is 1.35. The van der Waals surface area contributed by atoms with E-state index in [1.54, 1.807) is 12.1 Å². The van der Waals surface area contributed by atoms with E-state index in [2.05, 4.69) is 4.98 Å². The molecule has 0 aliphatic carbocycles. The molecule has 4 N–H and O–H groups in total. The van der Waals surface area contributed by atoms with E-state index >= 15 is 0 Å². The standard InChI is InChI=1S/C10H11N3O3/c11-4-5-13-8-6(9(14)15)2-1-3-7(8)12-10(13)16/h1-3H,4-5,11H2,(H,12,16)(H,14,15). The molecular weight excluding hydrogens is 210 g/mol. The predicted octanol–water partition coefficient (Wildman–Crippen LogP) is -0.0135. The number of rotatable bonds is 3. The van der Waals surface area contributed by atoms with Crippen LogP contribution >= 0.6 is 0 Å². The number of aromatic nitrogens is 2. The van der Waals surface area contributed by atoms with Gasteiger partial charge in [0.05, 0.1) is 16.6 Å². The van der Waals surface area contributed by atoms with E-state index in [1.807, 2.05) is 0 Å². The summed E-state index contributed by atoms with van der Waals surface area (Å²) in [6.45, 7) is 0.573. The van der Waals surface area contributed by atoms with Crippen LogP contribution in [0.3, 0.4) is 0 Å². The molecule has 6 heteroatoms. The number of fused-ring (bicyclic) bond motifs is 1. The van der Waals surface area contributed by atoms with E-state index < -0.39 is 5.97 Å². The van der Waals surface area contributed by atoms with Crippen molar-refractivity contribution >= 4 is 17.0 Å². The first kappa shape index (κ1) is 10.4. The summed E-state index contributed by atoms with van der Waals surface area (Å²) in [7, 11) is 0. The van der Waals surface area contributed by atoms with Crippen molar-refractivity contribution in [3.63, 3.8) is 0 Å². The number of nitrogens with zero attached hydrogens (tertiary/aromatic N) is 1. The summed E-state index contributed by atoms with van der Waals surface area (Å²) in [6.07, 6.45) is 0. The number of benzene rings is 1. The van der Waals surface area contributed by atoms with Crippen LogP contribution in [0.1, 0.15) is 10.4 Å². The molecule has 1 heterocycles. The maximum Gasteiger partial charge on any atom is 0.337 e. The van der Waals surface area contributed by atoms with E-state index in [0.717, 1.165) is 0 Å². The largest absolute Gasteiger partial charge is 0.478 e. The van der Waals surface area contributed by atoms with Gasteiger partial charge in [0.2, 0.25) is 0 Å². The first-order chi connectivity index (χ1) is 7.65. The predicted molar refractivity (Wildman–Crippen MR) is 58.6 cm³/mol. The Morgan fingerprint density at radius 1 is 1.50 bits per heavy atom. The summed E-state index contributed by atoms with van der Waals surface area (Å²) in [5, 5.41) is 9.02. The van der Waals surface area contributed by atoms with Gasteiger partial charge in [0, 0.05) is 13.1 Å². The second-order valence-corrected chi connectivity index (χ2v) is 3.38. The fourth-order valence-electron chi connectivity index (χ4n) is 1.73. The molecular formula is C10H11N3O3. The third-order valence-electron chi connectivity index (χ3n) is 2.38. The van der Waals surface area contributed by atoms with Crippen molar-refractivity contribution < 1.29 is 9.90 Å². The summed E-state index contributed by atoms with van der Waals surface area (Å²) in [5.74, 6) is -1.06. The summed E-state index contributed by atoms with van der Waals surface area (Å²) in [6, 6.07) is 4.72. The fraction of sp³-hybridized carbons (Fsp3) is 0.200. The van der Waals surface area contributed by atoms with Crippen LogP contribution in [0.15, 0.2) is 23.0 Å². The van der Waals surface area contributed by atoms with Gasteiger partial charge >= 0.3 is 11.7 Å². The lowest BCUT2D eigenvalue weighted by Gasteiger charge is -2.03. The molecule has 2 rings (SSSR count). The Morgan fingerprint density at radius 3 is 2.88 bits per heavy atom. The SMILES string of the molecule is NCCn1c(=O)[nH]c2cccc(C(=O)O)c21. The van der Waals surface area contributed by atoms with Gasteiger partial charge in [-0.1, -0.05) is 6.07 Å². The van der Waals surface area contributed by atoms with E-state index in [1.165, 1.54) is 10.6 Å². The Kier molecular flexibility index (Phi) is 2.49. The molecule has 0 aliphatic heterocycles. The number of H-pyrrole nitrogens is 1. The lowest BCUT2D eigenvalue weighted by molar-refractivity contribution is 0.0698. The zero-order valence-electron chi connectivity index (χ0n) is 8.43. The maximum atomic E-state index is 11.6. The van der Waals surface area contributed by atoms with Gasteiger partial charge in [-0.3, -0.25) is 4.57 Å². The van der Waals surface area contributed by atoms with Crippen molar-refractivity contribution in [2.75, 3.05) is 6.54 Å². The van der Waals surface area contributed by atoms with Crippen LogP contribution in [-0.2, 0) is 6.54 Å². The average Bonchev–Trinajstić information content (AvgIpc) is 2.55. The van der Waals surface area contributed by atoms with E-state index in [-0.39, 0.29) is 17.8 Å². The molecule has 0 fully saturated rings. The van der Waals surface area contributed by atoms with Crippen molar-refractivity contribution in [2.45, 2.75) is 6.54 Å². The molecule has 6 nitrogen and oxygen atoms in total. The molecule has 16 heavy (non-hydrogen) atoms. The number of aromatic carboxylic acids is 1. The van der Waals surface area contributed by atoms with Crippen LogP contribution < -0.4 is 11.4 Å². The van der Waals surface area contributed by atoms with E-state index in [4.69, 9.17) is 10.8 Å². The topological polar surface area (TPSA) is 101 Å². The number of imidazole rings is 1. The molecule has 0 saturated carbocycles. The summed E-state index contributed by atoms with van der Waals surface area (Å²) >= 11 is 0. The van der Waals surface area contributed by atoms with Gasteiger partial charge < -0.3 is 15.8 Å². The molecule has 2 aromatic rings. The molecule has 0 saturated heterocycles. The summed E-state index contributed by atoms with van der Waals surface area (Å²) in [4.78, 5) is 25.2. The van der Waals surface area contributed by atoms with Crippen molar-refractivity contribution in [1.29, 1.82) is 0 Å². The number of hydrogen-bond acceptors (Lipinski definition) is 3. The van der Waals surface area contributed by atoms with Crippen LogP contribution in [0.25, 0.3) is 11.0 Å².